The topological polar surface area (TPSA) is 69.9 Å². The van der Waals surface area contributed by atoms with Crippen LogP contribution in [-0.2, 0) is 17.4 Å². The molecule has 0 saturated carbocycles. The SMILES string of the molecule is COc1cc(C(C)(C)c2ccc(C(C)(C)c3cc(C)c(O)c(CO)c3)cc2)cc(C)c1O. The van der Waals surface area contributed by atoms with Crippen LogP contribution in [0.15, 0.2) is 48.5 Å². The molecule has 0 radical (unpaired) electrons. The largest absolute Gasteiger partial charge is 0.507 e. The number of rotatable bonds is 6. The Labute approximate surface area is 191 Å². The van der Waals surface area contributed by atoms with Gasteiger partial charge in [0.2, 0.25) is 0 Å². The molecule has 0 aliphatic carbocycles. The molecular formula is C28H34O4. The summed E-state index contributed by atoms with van der Waals surface area (Å²) in [6.45, 7) is 12.2. The van der Waals surface area contributed by atoms with Crippen molar-refractivity contribution < 1.29 is 20.1 Å². The first-order valence-electron chi connectivity index (χ1n) is 10.9. The average molecular weight is 435 g/mol. The van der Waals surface area contributed by atoms with Crippen molar-refractivity contribution in [2.45, 2.75) is 59.0 Å². The first kappa shape index (κ1) is 23.7. The molecule has 0 saturated heterocycles. The summed E-state index contributed by atoms with van der Waals surface area (Å²) in [7, 11) is 1.56. The second-order valence-corrected chi connectivity index (χ2v) is 9.63. The molecule has 170 valence electrons. The standard InChI is InChI=1S/C28H34O4/c1-17-12-22(14-19(16-29)25(17)30)27(3,4)20-8-10-21(11-9-20)28(5,6)23-13-18(2)26(31)24(15-23)32-7/h8-15,29-31H,16H2,1-7H3. The Balaban J connectivity index is 2.00. The maximum absolute atomic E-state index is 10.2. The number of aliphatic hydroxyl groups excluding tert-OH is 1. The maximum Gasteiger partial charge on any atom is 0.161 e. The third kappa shape index (κ3) is 4.07. The van der Waals surface area contributed by atoms with Crippen LogP contribution in [0.5, 0.6) is 17.2 Å². The summed E-state index contributed by atoms with van der Waals surface area (Å²) in [5.41, 5.74) is 5.91. The van der Waals surface area contributed by atoms with E-state index in [2.05, 4.69) is 52.0 Å². The molecule has 0 heterocycles. The molecule has 0 aliphatic rings. The molecule has 0 unspecified atom stereocenters. The van der Waals surface area contributed by atoms with Gasteiger partial charge >= 0.3 is 0 Å². The number of phenolic OH excluding ortho intramolecular Hbond substituents is 1. The lowest BCUT2D eigenvalue weighted by Crippen LogP contribution is -2.22. The zero-order chi connectivity index (χ0) is 23.8. The number of benzene rings is 3. The Hall–Kier alpha value is -2.98. The number of phenols is 2. The molecule has 3 aromatic carbocycles. The van der Waals surface area contributed by atoms with Crippen LogP contribution in [0.1, 0.15) is 66.6 Å². The lowest BCUT2D eigenvalue weighted by atomic mass is 9.74. The summed E-state index contributed by atoms with van der Waals surface area (Å²) in [6, 6.07) is 16.3. The highest BCUT2D eigenvalue weighted by molar-refractivity contribution is 5.53. The van der Waals surface area contributed by atoms with E-state index in [1.165, 1.54) is 0 Å². The summed E-state index contributed by atoms with van der Waals surface area (Å²) < 4.78 is 5.36. The normalized spacial score (nSPS) is 12.1. The Morgan fingerprint density at radius 2 is 1.12 bits per heavy atom. The molecule has 4 nitrogen and oxygen atoms in total. The number of methoxy groups -OCH3 is 1. The molecule has 0 fully saturated rings. The highest BCUT2D eigenvalue weighted by Crippen LogP contribution is 2.40. The Morgan fingerprint density at radius 3 is 1.56 bits per heavy atom. The minimum absolute atomic E-state index is 0.156. The number of aliphatic hydroxyl groups is 1. The molecule has 0 amide bonds. The summed E-state index contributed by atoms with van der Waals surface area (Å²) in [6.07, 6.45) is 0. The van der Waals surface area contributed by atoms with Crippen LogP contribution < -0.4 is 4.74 Å². The quantitative estimate of drug-likeness (QED) is 0.454. The van der Waals surface area contributed by atoms with E-state index < -0.39 is 0 Å². The predicted octanol–water partition coefficient (Wildman–Crippen LogP) is 5.87. The van der Waals surface area contributed by atoms with Crippen molar-refractivity contribution in [1.29, 1.82) is 0 Å². The van der Waals surface area contributed by atoms with E-state index in [1.807, 2.05) is 38.1 Å². The lowest BCUT2D eigenvalue weighted by Gasteiger charge is -2.30. The van der Waals surface area contributed by atoms with Crippen molar-refractivity contribution in [1.82, 2.24) is 0 Å². The fraction of sp³-hybridized carbons (Fsp3) is 0.357. The molecule has 0 spiro atoms. The Kier molecular flexibility index (Phi) is 6.30. The summed E-state index contributed by atoms with van der Waals surface area (Å²) in [5, 5.41) is 30.0. The molecule has 0 aliphatic heterocycles. The molecular weight excluding hydrogens is 400 g/mol. The van der Waals surface area contributed by atoms with Gasteiger partial charge in [-0.2, -0.15) is 0 Å². The van der Waals surface area contributed by atoms with E-state index in [9.17, 15) is 15.3 Å². The van der Waals surface area contributed by atoms with Crippen LogP contribution in [0.4, 0.5) is 0 Å². The molecule has 0 bridgehead atoms. The van der Waals surface area contributed by atoms with Gasteiger partial charge in [-0.25, -0.2) is 0 Å². The van der Waals surface area contributed by atoms with Gasteiger partial charge in [-0.05, 0) is 59.4 Å². The van der Waals surface area contributed by atoms with E-state index in [-0.39, 0.29) is 28.9 Å². The first-order chi connectivity index (χ1) is 14.9. The van der Waals surface area contributed by atoms with Gasteiger partial charge in [-0.3, -0.25) is 0 Å². The molecule has 3 N–H and O–H groups in total. The van der Waals surface area contributed by atoms with Gasteiger partial charge in [0.1, 0.15) is 5.75 Å². The molecule has 0 atom stereocenters. The minimum atomic E-state index is -0.302. The van der Waals surface area contributed by atoms with Gasteiger partial charge in [0.15, 0.2) is 11.5 Å². The second-order valence-electron chi connectivity index (χ2n) is 9.63. The maximum atomic E-state index is 10.2. The van der Waals surface area contributed by atoms with Crippen molar-refractivity contribution in [2.24, 2.45) is 0 Å². The van der Waals surface area contributed by atoms with Crippen molar-refractivity contribution in [3.63, 3.8) is 0 Å². The zero-order valence-electron chi connectivity index (χ0n) is 20.1. The third-order valence-electron chi connectivity index (χ3n) is 6.81. The smallest absolute Gasteiger partial charge is 0.161 e. The summed E-state index contributed by atoms with van der Waals surface area (Å²) >= 11 is 0. The number of hydrogen-bond acceptors (Lipinski definition) is 4. The van der Waals surface area contributed by atoms with E-state index >= 15 is 0 Å². The van der Waals surface area contributed by atoms with E-state index in [0.717, 1.165) is 33.4 Å². The Morgan fingerprint density at radius 1 is 0.688 bits per heavy atom. The number of ether oxygens (including phenoxy) is 1. The van der Waals surface area contributed by atoms with Gasteiger partial charge in [0, 0.05) is 16.4 Å². The molecule has 3 aromatic rings. The van der Waals surface area contributed by atoms with Crippen LogP contribution in [0.2, 0.25) is 0 Å². The fourth-order valence-corrected chi connectivity index (χ4v) is 4.23. The molecule has 32 heavy (non-hydrogen) atoms. The molecule has 0 aromatic heterocycles. The van der Waals surface area contributed by atoms with E-state index in [4.69, 9.17) is 4.74 Å². The number of hydrogen-bond donors (Lipinski definition) is 3. The van der Waals surface area contributed by atoms with Crippen LogP contribution in [0.3, 0.4) is 0 Å². The van der Waals surface area contributed by atoms with Gasteiger partial charge in [-0.15, -0.1) is 0 Å². The fourth-order valence-electron chi connectivity index (χ4n) is 4.23. The number of aromatic hydroxyl groups is 2. The Bertz CT molecular complexity index is 1030. The highest BCUT2D eigenvalue weighted by Gasteiger charge is 2.28. The average Bonchev–Trinajstić information content (AvgIpc) is 2.77. The summed E-state index contributed by atoms with van der Waals surface area (Å²) in [5.74, 6) is 0.813. The van der Waals surface area contributed by atoms with E-state index in [1.54, 1.807) is 7.11 Å². The lowest BCUT2D eigenvalue weighted by molar-refractivity contribution is 0.275. The van der Waals surface area contributed by atoms with Crippen molar-refractivity contribution in [3.05, 3.63) is 87.5 Å². The highest BCUT2D eigenvalue weighted by atomic mass is 16.5. The second kappa shape index (κ2) is 8.51. The van der Waals surface area contributed by atoms with Crippen LogP contribution in [0.25, 0.3) is 0 Å². The van der Waals surface area contributed by atoms with Crippen LogP contribution >= 0.6 is 0 Å². The zero-order valence-corrected chi connectivity index (χ0v) is 20.1. The predicted molar refractivity (Wildman–Crippen MR) is 129 cm³/mol. The van der Waals surface area contributed by atoms with Gasteiger partial charge in [0.25, 0.3) is 0 Å². The van der Waals surface area contributed by atoms with Gasteiger partial charge in [0.05, 0.1) is 13.7 Å². The molecule has 4 heteroatoms. The first-order valence-corrected chi connectivity index (χ1v) is 10.9. The van der Waals surface area contributed by atoms with Crippen molar-refractivity contribution in [2.75, 3.05) is 7.11 Å². The van der Waals surface area contributed by atoms with Crippen LogP contribution in [0, 0.1) is 13.8 Å². The summed E-state index contributed by atoms with van der Waals surface area (Å²) in [4.78, 5) is 0. The van der Waals surface area contributed by atoms with Crippen molar-refractivity contribution in [3.8, 4) is 17.2 Å². The van der Waals surface area contributed by atoms with Crippen LogP contribution in [-0.4, -0.2) is 22.4 Å². The van der Waals surface area contributed by atoms with Gasteiger partial charge < -0.3 is 20.1 Å². The van der Waals surface area contributed by atoms with E-state index in [0.29, 0.717) is 11.3 Å². The molecule has 3 rings (SSSR count). The number of aryl methyl sites for hydroxylation is 2. The monoisotopic (exact) mass is 434 g/mol. The third-order valence-corrected chi connectivity index (χ3v) is 6.81. The van der Waals surface area contributed by atoms with Gasteiger partial charge in [-0.1, -0.05) is 64.1 Å². The minimum Gasteiger partial charge on any atom is -0.507 e. The van der Waals surface area contributed by atoms with Crippen molar-refractivity contribution >= 4 is 0 Å².